The highest BCUT2D eigenvalue weighted by atomic mass is 19.4. The lowest BCUT2D eigenvalue weighted by atomic mass is 9.77. The van der Waals surface area contributed by atoms with Gasteiger partial charge in [-0.05, 0) is 75.6 Å². The predicted octanol–water partition coefficient (Wildman–Crippen LogP) is 6.04. The molecular weight excluding hydrogens is 505 g/mol. The topological polar surface area (TPSA) is 70.3 Å². The molecule has 0 spiro atoms. The summed E-state index contributed by atoms with van der Waals surface area (Å²) in [5.74, 6) is 0. The fraction of sp³-hybridized carbons (Fsp3) is 0.536. The Hall–Kier alpha value is -2.56. The van der Waals surface area contributed by atoms with Crippen molar-refractivity contribution < 1.29 is 32.2 Å². The molecule has 3 atom stereocenters. The first-order valence-corrected chi connectivity index (χ1v) is 12.9. The zero-order valence-electron chi connectivity index (χ0n) is 21.3. The number of nitrogens with one attached hydrogen (secondary N) is 1. The molecule has 206 valence electrons. The van der Waals surface area contributed by atoms with Crippen molar-refractivity contribution in [3.8, 4) is 0 Å². The number of piperidine rings is 1. The summed E-state index contributed by atoms with van der Waals surface area (Å²) in [6, 6.07) is 8.06. The molecule has 0 bridgehead atoms. The minimum absolute atomic E-state index is 0.0350. The Kier molecular flexibility index (Phi) is 6.81. The van der Waals surface area contributed by atoms with Gasteiger partial charge >= 0.3 is 6.18 Å². The predicted molar refractivity (Wildman–Crippen MR) is 133 cm³/mol. The van der Waals surface area contributed by atoms with Gasteiger partial charge in [-0.1, -0.05) is 24.3 Å². The van der Waals surface area contributed by atoms with E-state index in [4.69, 9.17) is 0 Å². The first-order chi connectivity index (χ1) is 17.7. The van der Waals surface area contributed by atoms with Crippen LogP contribution < -0.4 is 5.32 Å². The number of halogens is 5. The quantitative estimate of drug-likeness (QED) is 0.336. The van der Waals surface area contributed by atoms with Gasteiger partial charge < -0.3 is 20.1 Å². The minimum atomic E-state index is -4.57. The monoisotopic (exact) mass is 537 g/mol. The van der Waals surface area contributed by atoms with Crippen molar-refractivity contribution in [2.24, 2.45) is 0 Å². The number of hydrogen-bond donors (Lipinski definition) is 3. The fourth-order valence-corrected chi connectivity index (χ4v) is 6.24. The van der Waals surface area contributed by atoms with E-state index in [2.05, 4.69) is 10.3 Å². The van der Waals surface area contributed by atoms with E-state index in [9.17, 15) is 32.2 Å². The van der Waals surface area contributed by atoms with Gasteiger partial charge in [0.05, 0.1) is 34.1 Å². The van der Waals surface area contributed by atoms with Gasteiger partial charge in [-0.2, -0.15) is 13.2 Å². The molecule has 5 nitrogen and oxygen atoms in total. The number of aromatic nitrogens is 2. The molecule has 1 aromatic heterocycles. The van der Waals surface area contributed by atoms with Crippen molar-refractivity contribution in [2.45, 2.75) is 94.3 Å². The Labute approximate surface area is 217 Å². The van der Waals surface area contributed by atoms with Crippen LogP contribution in [0.15, 0.2) is 42.7 Å². The number of nitrogens with zero attached hydrogens (tertiary/aromatic N) is 2. The van der Waals surface area contributed by atoms with E-state index in [1.54, 1.807) is 13.0 Å². The third-order valence-electron chi connectivity index (χ3n) is 8.01. The molecular formula is C28H32F5N3O2. The number of aryl methyl sites for hydroxylation is 1. The molecule has 1 aliphatic carbocycles. The minimum Gasteiger partial charge on any atom is -0.390 e. The summed E-state index contributed by atoms with van der Waals surface area (Å²) in [6.07, 6.45) is -3.46. The molecule has 1 saturated heterocycles. The van der Waals surface area contributed by atoms with Gasteiger partial charge in [-0.3, -0.25) is 0 Å². The van der Waals surface area contributed by atoms with E-state index in [0.29, 0.717) is 49.7 Å². The Balaban J connectivity index is 1.35. The number of fused-ring (bicyclic) bond motifs is 1. The average molecular weight is 538 g/mol. The fourth-order valence-electron chi connectivity index (χ4n) is 6.24. The molecule has 0 radical (unpaired) electrons. The van der Waals surface area contributed by atoms with Gasteiger partial charge in [0.1, 0.15) is 0 Å². The summed E-state index contributed by atoms with van der Waals surface area (Å²) in [6.45, 7) is 3.59. The maximum absolute atomic E-state index is 14.1. The van der Waals surface area contributed by atoms with Gasteiger partial charge in [0, 0.05) is 23.7 Å². The summed E-state index contributed by atoms with van der Waals surface area (Å²) < 4.78 is 69.8. The second kappa shape index (κ2) is 9.57. The Morgan fingerprint density at radius 2 is 1.76 bits per heavy atom. The number of aliphatic hydroxyl groups is 2. The van der Waals surface area contributed by atoms with E-state index in [-0.39, 0.29) is 34.7 Å². The largest absolute Gasteiger partial charge is 0.418 e. The molecule has 2 aromatic carbocycles. The van der Waals surface area contributed by atoms with Gasteiger partial charge in [0.2, 0.25) is 0 Å². The third kappa shape index (κ3) is 5.31. The number of rotatable bonds is 6. The highest BCUT2D eigenvalue weighted by Gasteiger charge is 2.42. The normalized spacial score (nSPS) is 30.1. The zero-order valence-corrected chi connectivity index (χ0v) is 21.3. The van der Waals surface area contributed by atoms with E-state index in [1.807, 2.05) is 6.92 Å². The van der Waals surface area contributed by atoms with Crippen LogP contribution in [0, 0.1) is 0 Å². The summed E-state index contributed by atoms with van der Waals surface area (Å²) in [5, 5.41) is 24.9. The summed E-state index contributed by atoms with van der Waals surface area (Å²) in [7, 11) is 0. The molecule has 0 unspecified atom stereocenters. The Bertz CT molecular complexity index is 1300. The average Bonchev–Trinajstić information content (AvgIpc) is 3.23. The smallest absolute Gasteiger partial charge is 0.390 e. The maximum Gasteiger partial charge on any atom is 0.418 e. The molecule has 10 heteroatoms. The highest BCUT2D eigenvalue weighted by Crippen LogP contribution is 2.45. The molecule has 1 saturated carbocycles. The molecule has 3 N–H and O–H groups in total. The van der Waals surface area contributed by atoms with Crippen molar-refractivity contribution in [1.82, 2.24) is 14.9 Å². The van der Waals surface area contributed by atoms with Crippen LogP contribution in [0.2, 0.25) is 0 Å². The second-order valence-corrected chi connectivity index (χ2v) is 11.4. The second-order valence-electron chi connectivity index (χ2n) is 11.4. The highest BCUT2D eigenvalue weighted by molar-refractivity contribution is 5.81. The van der Waals surface area contributed by atoms with Gasteiger partial charge in [0.25, 0.3) is 6.43 Å². The lowest BCUT2D eigenvalue weighted by Crippen LogP contribution is -2.51. The molecule has 2 aliphatic rings. The molecule has 38 heavy (non-hydrogen) atoms. The van der Waals surface area contributed by atoms with Crippen molar-refractivity contribution >= 4 is 11.0 Å². The SMILES string of the molecule is C[C@H]1C[C@@](O)(c2ccc(C(F)F)cc2)C[C@H](CCc2cc(C(F)(F)F)c3c(c2)ncn3C2CC(C)(O)C2)N1. The van der Waals surface area contributed by atoms with Crippen molar-refractivity contribution in [1.29, 1.82) is 0 Å². The molecule has 3 aromatic rings. The van der Waals surface area contributed by atoms with E-state index < -0.39 is 29.4 Å². The maximum atomic E-state index is 14.1. The number of hydrogen-bond acceptors (Lipinski definition) is 4. The zero-order chi connectivity index (χ0) is 27.5. The van der Waals surface area contributed by atoms with E-state index >= 15 is 0 Å². The van der Waals surface area contributed by atoms with Crippen LogP contribution in [0.1, 0.15) is 80.7 Å². The van der Waals surface area contributed by atoms with E-state index in [1.165, 1.54) is 41.2 Å². The van der Waals surface area contributed by atoms with Crippen LogP contribution in [0.25, 0.3) is 11.0 Å². The Morgan fingerprint density at radius 1 is 1.08 bits per heavy atom. The summed E-state index contributed by atoms with van der Waals surface area (Å²) >= 11 is 0. The Morgan fingerprint density at radius 3 is 2.37 bits per heavy atom. The van der Waals surface area contributed by atoms with Crippen LogP contribution in [-0.4, -0.2) is 37.4 Å². The molecule has 2 fully saturated rings. The summed E-state index contributed by atoms with van der Waals surface area (Å²) in [4.78, 5) is 4.27. The van der Waals surface area contributed by atoms with Gasteiger partial charge in [-0.15, -0.1) is 0 Å². The first-order valence-electron chi connectivity index (χ1n) is 12.9. The van der Waals surface area contributed by atoms with Crippen molar-refractivity contribution in [3.05, 3.63) is 65.0 Å². The molecule has 2 heterocycles. The lowest BCUT2D eigenvalue weighted by molar-refractivity contribution is -0.136. The number of imidazole rings is 1. The van der Waals surface area contributed by atoms with Crippen LogP contribution in [0.3, 0.4) is 0 Å². The molecule has 1 aliphatic heterocycles. The van der Waals surface area contributed by atoms with E-state index in [0.717, 1.165) is 0 Å². The third-order valence-corrected chi connectivity index (χ3v) is 8.01. The van der Waals surface area contributed by atoms with Crippen LogP contribution in [0.5, 0.6) is 0 Å². The first kappa shape index (κ1) is 27.0. The van der Waals surface area contributed by atoms with Gasteiger partial charge in [-0.25, -0.2) is 13.8 Å². The number of alkyl halides is 5. The molecule has 5 rings (SSSR count). The van der Waals surface area contributed by atoms with Gasteiger partial charge in [0.15, 0.2) is 0 Å². The van der Waals surface area contributed by atoms with Crippen LogP contribution in [0.4, 0.5) is 22.0 Å². The van der Waals surface area contributed by atoms with Crippen molar-refractivity contribution in [3.63, 3.8) is 0 Å². The van der Waals surface area contributed by atoms with Crippen LogP contribution >= 0.6 is 0 Å². The van der Waals surface area contributed by atoms with Crippen LogP contribution in [-0.2, 0) is 18.2 Å². The molecule has 0 amide bonds. The standard InChI is InChI=1S/C28H32F5N3O2/c1-16-11-27(38,19-6-4-18(5-7-19)25(29)30)12-20(35-16)8-3-17-9-22(28(31,32)33)24-23(10-17)34-15-36(24)21-13-26(2,37)14-21/h4-7,9-10,15-16,20-21,25,35,37-38H,3,8,11-14H2,1-2H3/t16-,20-,21?,26?,27-/m0/s1. The lowest BCUT2D eigenvalue weighted by Gasteiger charge is -2.42. The number of benzene rings is 2. The van der Waals surface area contributed by atoms with Crippen molar-refractivity contribution in [2.75, 3.05) is 0 Å². The summed E-state index contributed by atoms with van der Waals surface area (Å²) in [5.41, 5.74) is -1.60.